The van der Waals surface area contributed by atoms with Gasteiger partial charge >= 0.3 is 0 Å². The minimum atomic E-state index is 0.0541. The fourth-order valence-corrected chi connectivity index (χ4v) is 3.41. The normalized spacial score (nSPS) is 21.5. The minimum Gasteiger partial charge on any atom is -0.464 e. The highest BCUT2D eigenvalue weighted by Crippen LogP contribution is 2.26. The molecule has 1 aromatic heterocycles. The third-order valence-corrected chi connectivity index (χ3v) is 5.09. The molecule has 1 fully saturated rings. The smallest absolute Gasteiger partial charge is 0.224 e. The first kappa shape index (κ1) is 16.1. The molecule has 1 aliphatic rings. The quantitative estimate of drug-likeness (QED) is 0.910. The van der Waals surface area contributed by atoms with Gasteiger partial charge in [0.05, 0.1) is 12.7 Å². The van der Waals surface area contributed by atoms with Crippen LogP contribution in [0.5, 0.6) is 0 Å². The van der Waals surface area contributed by atoms with E-state index in [0.717, 1.165) is 42.2 Å². The van der Waals surface area contributed by atoms with E-state index in [4.69, 9.17) is 4.42 Å². The molecule has 124 valence electrons. The van der Waals surface area contributed by atoms with E-state index < -0.39 is 0 Å². The molecule has 0 saturated heterocycles. The van der Waals surface area contributed by atoms with E-state index in [1.54, 1.807) is 6.26 Å². The van der Waals surface area contributed by atoms with Crippen LogP contribution in [0.2, 0.25) is 0 Å². The number of nitrogens with one attached hydrogen (secondary N) is 1. The van der Waals surface area contributed by atoms with Gasteiger partial charge in [-0.05, 0) is 68.7 Å². The number of amides is 1. The average molecular weight is 315 g/mol. The van der Waals surface area contributed by atoms with Crippen LogP contribution in [0.15, 0.2) is 22.8 Å². The van der Waals surface area contributed by atoms with Gasteiger partial charge in [0.15, 0.2) is 0 Å². The number of fused-ring (bicyclic) bond motifs is 1. The van der Waals surface area contributed by atoms with E-state index in [-0.39, 0.29) is 18.6 Å². The highest BCUT2D eigenvalue weighted by Gasteiger charge is 2.22. The van der Waals surface area contributed by atoms with Crippen LogP contribution in [0.1, 0.15) is 42.4 Å². The number of aliphatic hydroxyl groups is 1. The van der Waals surface area contributed by atoms with Gasteiger partial charge in [0.1, 0.15) is 5.58 Å². The Bertz CT molecular complexity index is 696. The summed E-state index contributed by atoms with van der Waals surface area (Å²) in [4.78, 5) is 12.3. The number of aliphatic hydroxyl groups excluding tert-OH is 1. The Morgan fingerprint density at radius 3 is 2.61 bits per heavy atom. The monoisotopic (exact) mass is 315 g/mol. The first-order valence-electron chi connectivity index (χ1n) is 8.44. The molecule has 1 aromatic carbocycles. The van der Waals surface area contributed by atoms with Crippen LogP contribution >= 0.6 is 0 Å². The van der Waals surface area contributed by atoms with Crippen molar-refractivity contribution in [2.75, 3.05) is 6.61 Å². The zero-order valence-electron chi connectivity index (χ0n) is 13.9. The average Bonchev–Trinajstić information content (AvgIpc) is 2.90. The summed E-state index contributed by atoms with van der Waals surface area (Å²) in [5, 5.41) is 13.3. The SMILES string of the molecule is Cc1cc2occ(CC(=O)NC3CCC(CO)CC3)c2cc1C. The molecule has 0 bridgehead atoms. The number of carbonyl (C=O) groups is 1. The van der Waals surface area contributed by atoms with E-state index in [0.29, 0.717) is 12.3 Å². The van der Waals surface area contributed by atoms with Gasteiger partial charge in [-0.2, -0.15) is 0 Å². The van der Waals surface area contributed by atoms with Gasteiger partial charge in [0.2, 0.25) is 5.91 Å². The second-order valence-electron chi connectivity index (χ2n) is 6.84. The summed E-state index contributed by atoms with van der Waals surface area (Å²) >= 11 is 0. The van der Waals surface area contributed by atoms with Crippen molar-refractivity contribution in [3.8, 4) is 0 Å². The summed E-state index contributed by atoms with van der Waals surface area (Å²) in [7, 11) is 0. The molecule has 3 rings (SSSR count). The Morgan fingerprint density at radius 1 is 1.22 bits per heavy atom. The summed E-state index contributed by atoms with van der Waals surface area (Å²) in [5.41, 5.74) is 4.20. The number of benzene rings is 1. The lowest BCUT2D eigenvalue weighted by atomic mass is 9.86. The molecule has 23 heavy (non-hydrogen) atoms. The summed E-state index contributed by atoms with van der Waals surface area (Å²) < 4.78 is 5.60. The molecular weight excluding hydrogens is 290 g/mol. The van der Waals surface area contributed by atoms with E-state index in [1.165, 1.54) is 11.1 Å². The maximum atomic E-state index is 12.3. The predicted molar refractivity (Wildman–Crippen MR) is 90.4 cm³/mol. The van der Waals surface area contributed by atoms with Crippen LogP contribution in [0, 0.1) is 19.8 Å². The minimum absolute atomic E-state index is 0.0541. The first-order valence-corrected chi connectivity index (χ1v) is 8.44. The lowest BCUT2D eigenvalue weighted by molar-refractivity contribution is -0.121. The zero-order valence-corrected chi connectivity index (χ0v) is 13.9. The van der Waals surface area contributed by atoms with Crippen molar-refractivity contribution in [3.05, 3.63) is 35.1 Å². The van der Waals surface area contributed by atoms with Gasteiger partial charge in [-0.1, -0.05) is 0 Å². The largest absolute Gasteiger partial charge is 0.464 e. The van der Waals surface area contributed by atoms with Crippen molar-refractivity contribution in [2.24, 2.45) is 5.92 Å². The standard InChI is InChI=1S/C19H25NO3/c1-12-7-17-15(11-23-18(17)8-13(12)2)9-19(22)20-16-5-3-14(10-21)4-6-16/h7-8,11,14,16,21H,3-6,9-10H2,1-2H3,(H,20,22). The van der Waals surface area contributed by atoms with Gasteiger partial charge in [-0.15, -0.1) is 0 Å². The number of furan rings is 1. The molecule has 0 spiro atoms. The van der Waals surface area contributed by atoms with Gasteiger partial charge in [0, 0.05) is 23.6 Å². The van der Waals surface area contributed by atoms with Gasteiger partial charge in [-0.25, -0.2) is 0 Å². The highest BCUT2D eigenvalue weighted by molar-refractivity contribution is 5.88. The van der Waals surface area contributed by atoms with Gasteiger partial charge in [0.25, 0.3) is 0 Å². The Morgan fingerprint density at radius 2 is 1.91 bits per heavy atom. The zero-order chi connectivity index (χ0) is 16.4. The van der Waals surface area contributed by atoms with Gasteiger partial charge in [-0.3, -0.25) is 4.79 Å². The lowest BCUT2D eigenvalue weighted by Gasteiger charge is -2.27. The summed E-state index contributed by atoms with van der Waals surface area (Å²) in [6, 6.07) is 4.37. The Kier molecular flexibility index (Phi) is 4.71. The molecule has 1 saturated carbocycles. The van der Waals surface area contributed by atoms with Crippen LogP contribution in [0.3, 0.4) is 0 Å². The van der Waals surface area contributed by atoms with E-state index in [1.807, 2.05) is 6.07 Å². The highest BCUT2D eigenvalue weighted by atomic mass is 16.3. The number of carbonyl (C=O) groups excluding carboxylic acids is 1. The van der Waals surface area contributed by atoms with Crippen molar-refractivity contribution in [3.63, 3.8) is 0 Å². The number of hydrogen-bond acceptors (Lipinski definition) is 3. The van der Waals surface area contributed by atoms with Crippen molar-refractivity contribution >= 4 is 16.9 Å². The van der Waals surface area contributed by atoms with Crippen molar-refractivity contribution in [1.82, 2.24) is 5.32 Å². The Hall–Kier alpha value is -1.81. The number of aryl methyl sites for hydroxylation is 2. The first-order chi connectivity index (χ1) is 11.1. The van der Waals surface area contributed by atoms with E-state index >= 15 is 0 Å². The third-order valence-electron chi connectivity index (χ3n) is 5.09. The molecule has 1 aliphatic carbocycles. The third kappa shape index (κ3) is 3.58. The number of hydrogen-bond donors (Lipinski definition) is 2. The molecule has 0 aliphatic heterocycles. The van der Waals surface area contributed by atoms with Crippen LogP contribution in [0.4, 0.5) is 0 Å². The van der Waals surface area contributed by atoms with Crippen LogP contribution in [-0.2, 0) is 11.2 Å². The Labute approximate surface area is 136 Å². The molecule has 0 atom stereocenters. The van der Waals surface area contributed by atoms with E-state index in [9.17, 15) is 9.90 Å². The second-order valence-corrected chi connectivity index (χ2v) is 6.84. The topological polar surface area (TPSA) is 62.5 Å². The van der Waals surface area contributed by atoms with Gasteiger partial charge < -0.3 is 14.8 Å². The summed E-state index contributed by atoms with van der Waals surface area (Å²) in [5.74, 6) is 0.463. The Balaban J connectivity index is 1.63. The predicted octanol–water partition coefficient (Wildman–Crippen LogP) is 3.26. The fourth-order valence-electron chi connectivity index (χ4n) is 3.41. The molecule has 0 unspecified atom stereocenters. The summed E-state index contributed by atoms with van der Waals surface area (Å²) in [6.07, 6.45) is 5.97. The molecule has 0 radical (unpaired) electrons. The molecule has 1 amide bonds. The maximum absolute atomic E-state index is 12.3. The maximum Gasteiger partial charge on any atom is 0.224 e. The van der Waals surface area contributed by atoms with Crippen molar-refractivity contribution in [2.45, 2.75) is 52.0 Å². The van der Waals surface area contributed by atoms with Crippen molar-refractivity contribution in [1.29, 1.82) is 0 Å². The molecular formula is C19H25NO3. The van der Waals surface area contributed by atoms with E-state index in [2.05, 4.69) is 25.2 Å². The van der Waals surface area contributed by atoms with Crippen LogP contribution in [-0.4, -0.2) is 23.7 Å². The second kappa shape index (κ2) is 6.75. The van der Waals surface area contributed by atoms with Crippen molar-refractivity contribution < 1.29 is 14.3 Å². The molecule has 1 heterocycles. The molecule has 2 aromatic rings. The van der Waals surface area contributed by atoms with Crippen LogP contribution in [0.25, 0.3) is 11.0 Å². The summed E-state index contributed by atoms with van der Waals surface area (Å²) in [6.45, 7) is 4.40. The lowest BCUT2D eigenvalue weighted by Crippen LogP contribution is -2.38. The number of rotatable bonds is 4. The molecule has 4 heteroatoms. The molecule has 4 nitrogen and oxygen atoms in total. The molecule has 2 N–H and O–H groups in total. The fraction of sp³-hybridized carbons (Fsp3) is 0.526. The van der Waals surface area contributed by atoms with Crippen LogP contribution < -0.4 is 5.32 Å².